The molecule has 2 aliphatic carbocycles. The van der Waals surface area contributed by atoms with E-state index in [0.29, 0.717) is 28.4 Å². The highest BCUT2D eigenvalue weighted by molar-refractivity contribution is 14.1. The van der Waals surface area contributed by atoms with Crippen molar-refractivity contribution < 1.29 is 18.3 Å². The summed E-state index contributed by atoms with van der Waals surface area (Å²) in [6.07, 6.45) is 4.90. The SMILES string of the molecule is COc1ccc(NC(=O)c2ccc(I)cc2N2C[C@H]3CC[C@@H](C2)C32CC2)nc1N1CCC(F)(F)CC1. The fourth-order valence-electron chi connectivity index (χ4n) is 6.70. The first kappa shape index (κ1) is 24.2. The molecule has 4 aliphatic rings. The molecule has 2 saturated heterocycles. The van der Waals surface area contributed by atoms with Gasteiger partial charge in [0.1, 0.15) is 5.82 Å². The number of halogens is 3. The zero-order valence-electron chi connectivity index (χ0n) is 20.4. The molecule has 9 heteroatoms. The molecule has 0 unspecified atom stereocenters. The van der Waals surface area contributed by atoms with Gasteiger partial charge in [-0.2, -0.15) is 0 Å². The molecule has 1 amide bonds. The molecule has 3 heterocycles. The Labute approximate surface area is 223 Å². The molecule has 2 aliphatic heterocycles. The van der Waals surface area contributed by atoms with Crippen molar-refractivity contribution in [3.8, 4) is 5.75 Å². The molecule has 0 radical (unpaired) electrons. The maximum atomic E-state index is 13.7. The molecule has 6 nitrogen and oxygen atoms in total. The minimum Gasteiger partial charge on any atom is -0.493 e. The van der Waals surface area contributed by atoms with Gasteiger partial charge in [-0.1, -0.05) is 0 Å². The number of piperidine rings is 2. The minimum absolute atomic E-state index is 0.188. The molecule has 36 heavy (non-hydrogen) atoms. The molecule has 2 aromatic rings. The van der Waals surface area contributed by atoms with Gasteiger partial charge in [0.25, 0.3) is 11.8 Å². The Kier molecular flexibility index (Phi) is 6.04. The zero-order valence-corrected chi connectivity index (χ0v) is 22.6. The standard InChI is InChI=1S/C27H31F2IN4O2/c1-36-22-6-7-23(31-24(22)33-12-10-27(28,29)11-13-33)32-25(35)20-5-4-19(30)14-21(20)34-15-17-2-3-18(16-34)26(17)8-9-26/h4-7,14,17-18H,2-3,8-13,15-16H2,1H3,(H,31,32,35)/t17-,18+. The second-order valence-corrected chi connectivity index (χ2v) is 12.0. The number of rotatable bonds is 5. The number of benzene rings is 1. The molecule has 1 N–H and O–H groups in total. The Morgan fingerprint density at radius 2 is 1.75 bits per heavy atom. The van der Waals surface area contributed by atoms with E-state index in [9.17, 15) is 13.6 Å². The van der Waals surface area contributed by atoms with Crippen molar-refractivity contribution in [3.05, 3.63) is 39.5 Å². The average molecular weight is 608 g/mol. The van der Waals surface area contributed by atoms with Gasteiger partial charge in [-0.25, -0.2) is 13.8 Å². The van der Waals surface area contributed by atoms with Crippen LogP contribution in [-0.4, -0.2) is 50.1 Å². The van der Waals surface area contributed by atoms with Crippen LogP contribution in [-0.2, 0) is 0 Å². The van der Waals surface area contributed by atoms with Crippen molar-refractivity contribution in [3.63, 3.8) is 0 Å². The number of carbonyl (C=O) groups is 1. The highest BCUT2D eigenvalue weighted by Crippen LogP contribution is 2.66. The third kappa shape index (κ3) is 4.31. The molecular formula is C27H31F2IN4O2. The zero-order chi connectivity index (χ0) is 25.1. The summed E-state index contributed by atoms with van der Waals surface area (Å²) >= 11 is 2.31. The van der Waals surface area contributed by atoms with Crippen molar-refractivity contribution in [2.45, 2.75) is 44.4 Å². The minimum atomic E-state index is -2.65. The van der Waals surface area contributed by atoms with Crippen LogP contribution < -0.4 is 19.9 Å². The van der Waals surface area contributed by atoms with Crippen LogP contribution in [0.15, 0.2) is 30.3 Å². The molecule has 2 atom stereocenters. The van der Waals surface area contributed by atoms with Crippen molar-refractivity contribution >= 4 is 45.8 Å². The summed E-state index contributed by atoms with van der Waals surface area (Å²) in [7, 11) is 1.53. The molecule has 2 saturated carbocycles. The topological polar surface area (TPSA) is 57.7 Å². The number of alkyl halides is 2. The third-order valence-corrected chi connectivity index (χ3v) is 9.51. The predicted molar refractivity (Wildman–Crippen MR) is 144 cm³/mol. The summed E-state index contributed by atoms with van der Waals surface area (Å²) in [5.74, 6) is -0.0332. The lowest BCUT2D eigenvalue weighted by atomic mass is 9.81. The molecule has 4 fully saturated rings. The maximum Gasteiger partial charge on any atom is 0.258 e. The first-order valence-corrected chi connectivity index (χ1v) is 13.9. The van der Waals surface area contributed by atoms with Gasteiger partial charge < -0.3 is 19.9 Å². The van der Waals surface area contributed by atoms with Crippen LogP contribution in [0.4, 0.5) is 26.1 Å². The van der Waals surface area contributed by atoms with Crippen molar-refractivity contribution in [2.24, 2.45) is 17.3 Å². The number of methoxy groups -OCH3 is 1. The number of hydrogen-bond acceptors (Lipinski definition) is 5. The first-order valence-electron chi connectivity index (χ1n) is 12.8. The van der Waals surface area contributed by atoms with Crippen LogP contribution in [0.25, 0.3) is 0 Å². The first-order chi connectivity index (χ1) is 17.3. The Balaban J connectivity index is 1.23. The van der Waals surface area contributed by atoms with E-state index in [2.05, 4.69) is 43.9 Å². The van der Waals surface area contributed by atoms with Gasteiger partial charge in [0.2, 0.25) is 0 Å². The normalized spacial score (nSPS) is 25.7. The van der Waals surface area contributed by atoms with E-state index in [-0.39, 0.29) is 31.8 Å². The Morgan fingerprint density at radius 1 is 1.06 bits per heavy atom. The van der Waals surface area contributed by atoms with Gasteiger partial charge >= 0.3 is 0 Å². The highest BCUT2D eigenvalue weighted by atomic mass is 127. The number of nitrogens with one attached hydrogen (secondary N) is 1. The van der Waals surface area contributed by atoms with Crippen LogP contribution in [0, 0.1) is 20.8 Å². The molecule has 1 spiro atoms. The Hall–Kier alpha value is -2.17. The quantitative estimate of drug-likeness (QED) is 0.435. The Morgan fingerprint density at radius 3 is 2.39 bits per heavy atom. The lowest BCUT2D eigenvalue weighted by molar-refractivity contribution is -0.0222. The monoisotopic (exact) mass is 608 g/mol. The van der Waals surface area contributed by atoms with Crippen molar-refractivity contribution in [1.29, 1.82) is 0 Å². The summed E-state index contributed by atoms with van der Waals surface area (Å²) in [4.78, 5) is 22.3. The van der Waals surface area contributed by atoms with Crippen LogP contribution >= 0.6 is 22.6 Å². The number of nitrogens with zero attached hydrogens (tertiary/aromatic N) is 3. The smallest absolute Gasteiger partial charge is 0.258 e. The maximum absolute atomic E-state index is 13.7. The van der Waals surface area contributed by atoms with Gasteiger partial charge in [-0.05, 0) is 95.9 Å². The van der Waals surface area contributed by atoms with Gasteiger partial charge in [0, 0.05) is 42.6 Å². The number of pyridine rings is 1. The van der Waals surface area contributed by atoms with E-state index in [1.54, 1.807) is 17.0 Å². The number of hydrogen-bond donors (Lipinski definition) is 1. The number of carbonyl (C=O) groups excluding carboxylic acids is 1. The fourth-order valence-corrected chi connectivity index (χ4v) is 7.17. The van der Waals surface area contributed by atoms with E-state index < -0.39 is 5.92 Å². The average Bonchev–Trinajstić information content (AvgIpc) is 3.61. The molecule has 1 aromatic heterocycles. The third-order valence-electron chi connectivity index (χ3n) is 8.84. The van der Waals surface area contributed by atoms with Gasteiger partial charge in [0.15, 0.2) is 11.6 Å². The largest absolute Gasteiger partial charge is 0.493 e. The summed E-state index contributed by atoms with van der Waals surface area (Å²) in [6.45, 7) is 2.41. The number of amides is 1. The highest BCUT2D eigenvalue weighted by Gasteiger charge is 2.60. The second-order valence-electron chi connectivity index (χ2n) is 10.8. The molecule has 6 rings (SSSR count). The van der Waals surface area contributed by atoms with Gasteiger partial charge in [0.05, 0.1) is 18.4 Å². The van der Waals surface area contributed by atoms with Gasteiger partial charge in [-0.15, -0.1) is 0 Å². The Bertz CT molecular complexity index is 1160. The molecule has 1 aromatic carbocycles. The number of ether oxygens (including phenoxy) is 1. The second kappa shape index (κ2) is 8.99. The lowest BCUT2D eigenvalue weighted by Crippen LogP contribution is -2.43. The molecular weight excluding hydrogens is 577 g/mol. The van der Waals surface area contributed by atoms with Crippen LogP contribution in [0.3, 0.4) is 0 Å². The predicted octanol–water partition coefficient (Wildman–Crippen LogP) is 5.81. The molecule has 2 bridgehead atoms. The van der Waals surface area contributed by atoms with E-state index >= 15 is 0 Å². The summed E-state index contributed by atoms with van der Waals surface area (Å²) in [5.41, 5.74) is 2.21. The fraction of sp³-hybridized carbons (Fsp3) is 0.556. The van der Waals surface area contributed by atoms with Crippen LogP contribution in [0.1, 0.15) is 48.9 Å². The van der Waals surface area contributed by atoms with E-state index in [1.807, 2.05) is 12.1 Å². The van der Waals surface area contributed by atoms with Crippen molar-refractivity contribution in [1.82, 2.24) is 4.98 Å². The van der Waals surface area contributed by atoms with Crippen molar-refractivity contribution in [2.75, 3.05) is 48.4 Å². The van der Waals surface area contributed by atoms with Gasteiger partial charge in [-0.3, -0.25) is 4.79 Å². The van der Waals surface area contributed by atoms with E-state index in [0.717, 1.165) is 34.2 Å². The van der Waals surface area contributed by atoms with Crippen LogP contribution in [0.2, 0.25) is 0 Å². The summed E-state index contributed by atoms with van der Waals surface area (Å²) in [5, 5.41) is 2.96. The summed E-state index contributed by atoms with van der Waals surface area (Å²) in [6, 6.07) is 9.40. The molecule has 192 valence electrons. The number of anilines is 3. The lowest BCUT2D eigenvalue weighted by Gasteiger charge is -2.40. The van der Waals surface area contributed by atoms with E-state index in [4.69, 9.17) is 4.74 Å². The summed E-state index contributed by atoms with van der Waals surface area (Å²) < 4.78 is 33.9. The van der Waals surface area contributed by atoms with Crippen LogP contribution in [0.5, 0.6) is 5.75 Å². The van der Waals surface area contributed by atoms with E-state index in [1.165, 1.54) is 32.8 Å². The number of aromatic nitrogens is 1.